The highest BCUT2D eigenvalue weighted by Gasteiger charge is 2.31. The first-order valence-corrected chi connectivity index (χ1v) is 9.49. The lowest BCUT2D eigenvalue weighted by atomic mass is 10.00. The van der Waals surface area contributed by atoms with E-state index < -0.39 is 10.0 Å². The highest BCUT2D eigenvalue weighted by atomic mass is 32.2. The van der Waals surface area contributed by atoms with Crippen LogP contribution in [0.2, 0.25) is 0 Å². The van der Waals surface area contributed by atoms with Crippen molar-refractivity contribution in [3.05, 3.63) is 35.7 Å². The molecule has 1 aromatic carbocycles. The van der Waals surface area contributed by atoms with Gasteiger partial charge in [-0.15, -0.1) is 10.2 Å². The van der Waals surface area contributed by atoms with Crippen LogP contribution >= 0.6 is 0 Å². The summed E-state index contributed by atoms with van der Waals surface area (Å²) in [5.74, 6) is 1.10. The molecule has 0 saturated carbocycles. The number of piperidine rings is 1. The van der Waals surface area contributed by atoms with Crippen molar-refractivity contribution in [2.24, 2.45) is 0 Å². The molecule has 0 unspecified atom stereocenters. The largest absolute Gasteiger partial charge is 0.420 e. The van der Waals surface area contributed by atoms with Gasteiger partial charge in [0.2, 0.25) is 21.8 Å². The molecule has 1 aromatic heterocycles. The third-order valence-corrected chi connectivity index (χ3v) is 6.08. The van der Waals surface area contributed by atoms with E-state index in [2.05, 4.69) is 10.2 Å². The van der Waals surface area contributed by atoms with Crippen LogP contribution in [-0.2, 0) is 10.0 Å². The van der Waals surface area contributed by atoms with Crippen LogP contribution in [0.5, 0.6) is 0 Å². The van der Waals surface area contributed by atoms with E-state index in [1.54, 1.807) is 6.92 Å². The smallest absolute Gasteiger partial charge is 0.247 e. The van der Waals surface area contributed by atoms with E-state index in [9.17, 15) is 8.42 Å². The molecule has 0 spiro atoms. The van der Waals surface area contributed by atoms with Crippen molar-refractivity contribution in [3.8, 4) is 11.5 Å². The van der Waals surface area contributed by atoms with Crippen molar-refractivity contribution in [3.63, 3.8) is 0 Å². The second-order valence-electron chi connectivity index (χ2n) is 5.91. The van der Waals surface area contributed by atoms with Gasteiger partial charge in [-0.25, -0.2) is 12.7 Å². The molecule has 0 bridgehead atoms. The topological polar surface area (TPSA) is 76.3 Å². The first kappa shape index (κ1) is 16.1. The molecular formula is C16H21N3O3S. The van der Waals surface area contributed by atoms with Gasteiger partial charge in [0, 0.05) is 18.7 Å². The standard InChI is InChI=1S/C16H21N3O3S/c1-3-23(20,21)19-10-4-5-14(11-19)16-18-17-15(22-16)13-8-6-12(2)7-9-13/h6-9,14H,3-5,10-11H2,1-2H3/t14-/m0/s1. The number of hydrogen-bond acceptors (Lipinski definition) is 5. The number of hydrogen-bond donors (Lipinski definition) is 0. The monoisotopic (exact) mass is 335 g/mol. The Morgan fingerprint density at radius 2 is 2.00 bits per heavy atom. The maximum absolute atomic E-state index is 12.0. The molecule has 2 heterocycles. The van der Waals surface area contributed by atoms with E-state index in [-0.39, 0.29) is 11.7 Å². The maximum Gasteiger partial charge on any atom is 0.247 e. The molecular weight excluding hydrogens is 314 g/mol. The van der Waals surface area contributed by atoms with Crippen LogP contribution in [0.3, 0.4) is 0 Å². The Kier molecular flexibility index (Phi) is 4.50. The summed E-state index contributed by atoms with van der Waals surface area (Å²) >= 11 is 0. The summed E-state index contributed by atoms with van der Waals surface area (Å²) in [6, 6.07) is 7.88. The molecule has 0 N–H and O–H groups in total. The van der Waals surface area contributed by atoms with Crippen molar-refractivity contribution in [1.82, 2.24) is 14.5 Å². The minimum Gasteiger partial charge on any atom is -0.420 e. The summed E-state index contributed by atoms with van der Waals surface area (Å²) in [5.41, 5.74) is 2.05. The van der Waals surface area contributed by atoms with Crippen molar-refractivity contribution < 1.29 is 12.8 Å². The lowest BCUT2D eigenvalue weighted by Gasteiger charge is -2.29. The molecule has 0 radical (unpaired) electrons. The van der Waals surface area contributed by atoms with Crippen LogP contribution in [0.15, 0.2) is 28.7 Å². The molecule has 1 aliphatic rings. The maximum atomic E-state index is 12.0. The van der Waals surface area contributed by atoms with Gasteiger partial charge >= 0.3 is 0 Å². The molecule has 1 fully saturated rings. The van der Waals surface area contributed by atoms with Crippen molar-refractivity contribution in [1.29, 1.82) is 0 Å². The number of nitrogens with zero attached hydrogens (tertiary/aromatic N) is 3. The molecule has 1 aliphatic heterocycles. The molecule has 3 rings (SSSR count). The number of aryl methyl sites for hydroxylation is 1. The second-order valence-corrected chi connectivity index (χ2v) is 8.17. The fraction of sp³-hybridized carbons (Fsp3) is 0.500. The van der Waals surface area contributed by atoms with Gasteiger partial charge in [-0.3, -0.25) is 0 Å². The van der Waals surface area contributed by atoms with Gasteiger partial charge in [-0.1, -0.05) is 17.7 Å². The summed E-state index contributed by atoms with van der Waals surface area (Å²) in [6.07, 6.45) is 1.68. The Labute approximate surface area is 136 Å². The van der Waals surface area contributed by atoms with Gasteiger partial charge in [0.15, 0.2) is 0 Å². The fourth-order valence-corrected chi connectivity index (χ4v) is 3.97. The minimum absolute atomic E-state index is 0.0308. The average molecular weight is 335 g/mol. The third kappa shape index (κ3) is 3.45. The Morgan fingerprint density at radius 1 is 1.26 bits per heavy atom. The Morgan fingerprint density at radius 3 is 2.70 bits per heavy atom. The Hall–Kier alpha value is -1.73. The molecule has 0 amide bonds. The molecule has 6 nitrogen and oxygen atoms in total. The number of benzene rings is 1. The zero-order chi connectivity index (χ0) is 16.4. The Balaban J connectivity index is 1.79. The molecule has 0 aliphatic carbocycles. The molecule has 2 aromatic rings. The number of sulfonamides is 1. The van der Waals surface area contributed by atoms with E-state index in [0.29, 0.717) is 24.9 Å². The predicted molar refractivity (Wildman–Crippen MR) is 87.5 cm³/mol. The molecule has 7 heteroatoms. The quantitative estimate of drug-likeness (QED) is 0.858. The van der Waals surface area contributed by atoms with E-state index >= 15 is 0 Å². The summed E-state index contributed by atoms with van der Waals surface area (Å²) < 4.78 is 31.4. The van der Waals surface area contributed by atoms with Gasteiger partial charge in [-0.05, 0) is 38.8 Å². The van der Waals surface area contributed by atoms with Gasteiger partial charge in [-0.2, -0.15) is 0 Å². The van der Waals surface area contributed by atoms with E-state index in [0.717, 1.165) is 18.4 Å². The van der Waals surface area contributed by atoms with E-state index in [4.69, 9.17) is 4.42 Å². The van der Waals surface area contributed by atoms with Crippen molar-refractivity contribution >= 4 is 10.0 Å². The molecule has 1 atom stereocenters. The molecule has 1 saturated heterocycles. The van der Waals surface area contributed by atoms with E-state index in [1.807, 2.05) is 31.2 Å². The number of rotatable bonds is 4. The highest BCUT2D eigenvalue weighted by molar-refractivity contribution is 7.89. The summed E-state index contributed by atoms with van der Waals surface area (Å²) in [7, 11) is -3.17. The first-order valence-electron chi connectivity index (χ1n) is 7.88. The molecule has 23 heavy (non-hydrogen) atoms. The van der Waals surface area contributed by atoms with Gasteiger partial charge in [0.25, 0.3) is 0 Å². The normalized spacial score (nSPS) is 19.8. The van der Waals surface area contributed by atoms with Crippen LogP contribution in [0, 0.1) is 6.92 Å². The lowest BCUT2D eigenvalue weighted by Crippen LogP contribution is -2.39. The second kappa shape index (κ2) is 6.41. The van der Waals surface area contributed by atoms with Crippen molar-refractivity contribution in [2.75, 3.05) is 18.8 Å². The number of aromatic nitrogens is 2. The zero-order valence-electron chi connectivity index (χ0n) is 13.4. The van der Waals surface area contributed by atoms with Crippen LogP contribution in [0.4, 0.5) is 0 Å². The van der Waals surface area contributed by atoms with Crippen LogP contribution < -0.4 is 0 Å². The average Bonchev–Trinajstić information content (AvgIpc) is 3.06. The summed E-state index contributed by atoms with van der Waals surface area (Å²) in [5, 5.41) is 8.26. The zero-order valence-corrected chi connectivity index (χ0v) is 14.2. The van der Waals surface area contributed by atoms with Crippen LogP contribution in [-0.4, -0.2) is 41.8 Å². The SMILES string of the molecule is CCS(=O)(=O)N1CCC[C@H](c2nnc(-c3ccc(C)cc3)o2)C1. The van der Waals surface area contributed by atoms with Gasteiger partial charge in [0.05, 0.1) is 11.7 Å². The van der Waals surface area contributed by atoms with Crippen molar-refractivity contribution in [2.45, 2.75) is 32.6 Å². The van der Waals surface area contributed by atoms with E-state index in [1.165, 1.54) is 9.87 Å². The first-order chi connectivity index (χ1) is 11.0. The van der Waals surface area contributed by atoms with Crippen LogP contribution in [0.1, 0.15) is 37.1 Å². The fourth-order valence-electron chi connectivity index (χ4n) is 2.79. The summed E-state index contributed by atoms with van der Waals surface area (Å²) in [6.45, 7) is 4.69. The molecule has 124 valence electrons. The Bertz CT molecular complexity index is 768. The predicted octanol–water partition coefficient (Wildman–Crippen LogP) is 2.57. The van der Waals surface area contributed by atoms with Gasteiger partial charge < -0.3 is 4.42 Å². The van der Waals surface area contributed by atoms with Gasteiger partial charge in [0.1, 0.15) is 0 Å². The highest BCUT2D eigenvalue weighted by Crippen LogP contribution is 2.29. The minimum atomic E-state index is -3.17. The summed E-state index contributed by atoms with van der Waals surface area (Å²) in [4.78, 5) is 0. The third-order valence-electron chi connectivity index (χ3n) is 4.23. The lowest BCUT2D eigenvalue weighted by molar-refractivity contribution is 0.286. The van der Waals surface area contributed by atoms with Crippen LogP contribution in [0.25, 0.3) is 11.5 Å².